The van der Waals surface area contributed by atoms with E-state index in [1.807, 2.05) is 6.92 Å². The van der Waals surface area contributed by atoms with Gasteiger partial charge in [-0.2, -0.15) is 17.2 Å². The molecule has 1 aromatic carbocycles. The van der Waals surface area contributed by atoms with Crippen molar-refractivity contribution in [1.29, 1.82) is 0 Å². The van der Waals surface area contributed by atoms with Gasteiger partial charge in [-0.15, -0.1) is 0 Å². The second kappa shape index (κ2) is 6.57. The number of aliphatic hydroxyl groups is 1. The van der Waals surface area contributed by atoms with Crippen molar-refractivity contribution in [3.8, 4) is 0 Å². The fraction of sp³-hybridized carbons (Fsp3) is 0.500. The summed E-state index contributed by atoms with van der Waals surface area (Å²) in [5.41, 5.74) is 1.48. The normalized spacial score (nSPS) is 14.2. The number of alkyl halides is 2. The average molecular weight is 310 g/mol. The number of hydrogen-bond donors (Lipinski definition) is 1. The summed E-state index contributed by atoms with van der Waals surface area (Å²) in [5.74, 6) is 0. The minimum absolute atomic E-state index is 0.447. The third-order valence-corrected chi connectivity index (χ3v) is 3.88. The smallest absolute Gasteiger partial charge is 0.386 e. The zero-order valence-electron chi connectivity index (χ0n) is 11.0. The van der Waals surface area contributed by atoms with Crippen LogP contribution in [-0.4, -0.2) is 39.1 Å². The summed E-state index contributed by atoms with van der Waals surface area (Å²) in [6.45, 7) is 0.0345. The highest BCUT2D eigenvalue weighted by Crippen LogP contribution is 2.24. The second-order valence-corrected chi connectivity index (χ2v) is 6.04. The molecule has 0 amide bonds. The van der Waals surface area contributed by atoms with Gasteiger partial charge in [0.2, 0.25) is 0 Å². The Morgan fingerprint density at radius 1 is 1.30 bits per heavy atom. The lowest BCUT2D eigenvalue weighted by molar-refractivity contribution is -0.0471. The Kier molecular flexibility index (Phi) is 5.58. The lowest BCUT2D eigenvalue weighted by Crippen LogP contribution is -2.35. The van der Waals surface area contributed by atoms with Crippen molar-refractivity contribution in [1.82, 2.24) is 0 Å². The number of benzene rings is 1. The van der Waals surface area contributed by atoms with Gasteiger partial charge >= 0.3 is 15.4 Å². The van der Waals surface area contributed by atoms with Gasteiger partial charge in [0.1, 0.15) is 12.7 Å². The summed E-state index contributed by atoms with van der Waals surface area (Å²) in [7, 11) is -4.36. The lowest BCUT2D eigenvalue weighted by Gasteiger charge is -2.17. The predicted octanol–water partition coefficient (Wildman–Crippen LogP) is 1.61. The van der Waals surface area contributed by atoms with Crippen LogP contribution in [0, 0.1) is 6.92 Å². The van der Waals surface area contributed by atoms with Crippen LogP contribution < -0.4 is 0 Å². The number of aryl methyl sites for hydroxylation is 1. The molecular formula is C12H16F2O5S. The van der Waals surface area contributed by atoms with E-state index in [-0.39, 0.29) is 0 Å². The van der Waals surface area contributed by atoms with Crippen LogP contribution in [0.2, 0.25) is 0 Å². The number of halogens is 2. The van der Waals surface area contributed by atoms with Crippen LogP contribution in [0.15, 0.2) is 24.3 Å². The summed E-state index contributed by atoms with van der Waals surface area (Å²) >= 11 is 0. The minimum atomic E-state index is -5.01. The molecule has 20 heavy (non-hydrogen) atoms. The minimum Gasteiger partial charge on any atom is -0.386 e. The largest absolute Gasteiger partial charge is 0.392 e. The van der Waals surface area contributed by atoms with Crippen LogP contribution in [0.5, 0.6) is 0 Å². The van der Waals surface area contributed by atoms with Crippen molar-refractivity contribution >= 4 is 10.1 Å². The second-order valence-electron chi connectivity index (χ2n) is 4.20. The van der Waals surface area contributed by atoms with Crippen LogP contribution in [0.1, 0.15) is 17.2 Å². The van der Waals surface area contributed by atoms with E-state index in [1.54, 1.807) is 24.3 Å². The quantitative estimate of drug-likeness (QED) is 0.775. The van der Waals surface area contributed by atoms with Crippen molar-refractivity contribution in [3.63, 3.8) is 0 Å². The molecule has 0 saturated heterocycles. The summed E-state index contributed by atoms with van der Waals surface area (Å²) in [6, 6.07) is 6.77. The van der Waals surface area contributed by atoms with Crippen LogP contribution in [0.4, 0.5) is 8.78 Å². The standard InChI is InChI=1S/C12H16F2O5S/c1-9-3-5-10(6-4-9)11(15)7-19-8-12(13,14)20(16,17)18-2/h3-6,11,15H,7-8H2,1-2H3. The maximum absolute atomic E-state index is 13.2. The molecule has 1 N–H and O–H groups in total. The highest BCUT2D eigenvalue weighted by atomic mass is 32.2. The summed E-state index contributed by atoms with van der Waals surface area (Å²) in [5, 5.41) is 5.56. The number of aliphatic hydroxyl groups excluding tert-OH is 1. The van der Waals surface area contributed by atoms with Gasteiger partial charge in [0, 0.05) is 0 Å². The van der Waals surface area contributed by atoms with Gasteiger partial charge in [0.05, 0.1) is 13.7 Å². The van der Waals surface area contributed by atoms with Gasteiger partial charge in [0.25, 0.3) is 0 Å². The molecule has 1 unspecified atom stereocenters. The van der Waals surface area contributed by atoms with E-state index >= 15 is 0 Å². The van der Waals surface area contributed by atoms with Gasteiger partial charge in [-0.05, 0) is 12.5 Å². The molecule has 0 aliphatic rings. The van der Waals surface area contributed by atoms with E-state index in [1.165, 1.54) is 0 Å². The topological polar surface area (TPSA) is 72.8 Å². The van der Waals surface area contributed by atoms with Gasteiger partial charge in [0.15, 0.2) is 0 Å². The van der Waals surface area contributed by atoms with E-state index < -0.39 is 34.7 Å². The lowest BCUT2D eigenvalue weighted by atomic mass is 10.1. The molecule has 114 valence electrons. The molecule has 0 bridgehead atoms. The first-order chi connectivity index (χ1) is 9.19. The van der Waals surface area contributed by atoms with E-state index in [0.717, 1.165) is 5.56 Å². The Morgan fingerprint density at radius 3 is 2.35 bits per heavy atom. The Morgan fingerprint density at radius 2 is 1.85 bits per heavy atom. The molecule has 0 aliphatic heterocycles. The van der Waals surface area contributed by atoms with E-state index in [0.29, 0.717) is 12.7 Å². The molecule has 1 aromatic rings. The van der Waals surface area contributed by atoms with Crippen LogP contribution in [0.25, 0.3) is 0 Å². The highest BCUT2D eigenvalue weighted by Gasteiger charge is 2.46. The molecule has 0 heterocycles. The number of hydrogen-bond acceptors (Lipinski definition) is 5. The molecule has 0 fully saturated rings. The molecule has 1 rings (SSSR count). The van der Waals surface area contributed by atoms with Crippen molar-refractivity contribution in [2.75, 3.05) is 20.3 Å². The Bertz CT molecular complexity index is 527. The molecule has 1 atom stereocenters. The van der Waals surface area contributed by atoms with Crippen molar-refractivity contribution in [2.45, 2.75) is 18.3 Å². The van der Waals surface area contributed by atoms with Gasteiger partial charge < -0.3 is 9.84 Å². The summed E-state index contributed by atoms with van der Waals surface area (Å²) < 4.78 is 56.5. The molecule has 5 nitrogen and oxygen atoms in total. The third-order valence-electron chi connectivity index (χ3n) is 2.59. The Hall–Kier alpha value is -1.09. The van der Waals surface area contributed by atoms with E-state index in [2.05, 4.69) is 8.92 Å². The first kappa shape index (κ1) is 17.0. The first-order valence-electron chi connectivity index (χ1n) is 5.70. The number of ether oxygens (including phenoxy) is 1. The van der Waals surface area contributed by atoms with Crippen molar-refractivity contribution in [2.24, 2.45) is 0 Å². The zero-order valence-corrected chi connectivity index (χ0v) is 11.9. The molecule has 8 heteroatoms. The third kappa shape index (κ3) is 4.20. The first-order valence-corrected chi connectivity index (χ1v) is 7.11. The van der Waals surface area contributed by atoms with Gasteiger partial charge in [-0.1, -0.05) is 29.8 Å². The average Bonchev–Trinajstić information content (AvgIpc) is 2.38. The van der Waals surface area contributed by atoms with Crippen LogP contribution in [-0.2, 0) is 19.0 Å². The van der Waals surface area contributed by atoms with Crippen molar-refractivity contribution in [3.05, 3.63) is 35.4 Å². The molecule has 0 saturated carbocycles. The highest BCUT2D eigenvalue weighted by molar-refractivity contribution is 7.87. The molecule has 0 radical (unpaired) electrons. The summed E-state index contributed by atoms with van der Waals surface area (Å²) in [4.78, 5) is 0. The molecule has 0 spiro atoms. The SMILES string of the molecule is COS(=O)(=O)C(F)(F)COCC(O)c1ccc(C)cc1. The summed E-state index contributed by atoms with van der Waals surface area (Å²) in [6.07, 6.45) is -1.11. The van der Waals surface area contributed by atoms with Gasteiger partial charge in [-0.25, -0.2) is 0 Å². The fourth-order valence-corrected chi connectivity index (χ4v) is 1.84. The zero-order chi connectivity index (χ0) is 15.4. The monoisotopic (exact) mass is 310 g/mol. The van der Waals surface area contributed by atoms with Crippen LogP contribution >= 0.6 is 0 Å². The maximum Gasteiger partial charge on any atom is 0.392 e. The predicted molar refractivity (Wildman–Crippen MR) is 67.8 cm³/mol. The van der Waals surface area contributed by atoms with E-state index in [9.17, 15) is 22.3 Å². The van der Waals surface area contributed by atoms with Crippen molar-refractivity contribution < 1.29 is 31.2 Å². The fourth-order valence-electron chi connectivity index (χ4n) is 1.37. The number of rotatable bonds is 7. The Labute approximate surface area is 116 Å². The van der Waals surface area contributed by atoms with E-state index in [4.69, 9.17) is 0 Å². The maximum atomic E-state index is 13.2. The van der Waals surface area contributed by atoms with Gasteiger partial charge in [-0.3, -0.25) is 4.18 Å². The molecule has 0 aromatic heterocycles. The van der Waals surface area contributed by atoms with Crippen LogP contribution in [0.3, 0.4) is 0 Å². The molecule has 0 aliphatic carbocycles. The Balaban J connectivity index is 2.54. The molecular weight excluding hydrogens is 294 g/mol.